The van der Waals surface area contributed by atoms with Crippen molar-refractivity contribution < 1.29 is 19.0 Å². The van der Waals surface area contributed by atoms with Crippen molar-refractivity contribution in [3.63, 3.8) is 0 Å². The van der Waals surface area contributed by atoms with Crippen LogP contribution in [0.15, 0.2) is 30.3 Å². The molecule has 0 bridgehead atoms. The van der Waals surface area contributed by atoms with Crippen molar-refractivity contribution in [1.82, 2.24) is 0 Å². The molecule has 0 unspecified atom stereocenters. The van der Waals surface area contributed by atoms with Gasteiger partial charge >= 0.3 is 0 Å². The summed E-state index contributed by atoms with van der Waals surface area (Å²) in [5.41, 5.74) is 0.574. The molecule has 0 aliphatic carbocycles. The molecule has 25 heavy (non-hydrogen) atoms. The van der Waals surface area contributed by atoms with E-state index in [1.165, 1.54) is 12.1 Å². The van der Waals surface area contributed by atoms with Gasteiger partial charge < -0.3 is 19.5 Å². The Morgan fingerprint density at radius 1 is 1.04 bits per heavy atom. The number of nitrogens with one attached hydrogen (secondary N) is 1. The van der Waals surface area contributed by atoms with Crippen LogP contribution >= 0.6 is 34.8 Å². The third-order valence-corrected chi connectivity index (χ3v) is 4.48. The molecule has 0 saturated heterocycles. The van der Waals surface area contributed by atoms with E-state index in [1.807, 2.05) is 0 Å². The molecule has 0 spiro atoms. The number of hydrogen-bond donors (Lipinski definition) is 1. The Kier molecular flexibility index (Phi) is 5.47. The third-order valence-electron chi connectivity index (χ3n) is 3.46. The normalized spacial score (nSPS) is 13.9. The van der Waals surface area contributed by atoms with Crippen LogP contribution in [0.1, 0.15) is 6.92 Å². The molecule has 1 aliphatic heterocycles. The van der Waals surface area contributed by atoms with Gasteiger partial charge in [-0.2, -0.15) is 0 Å². The maximum atomic E-state index is 12.3. The van der Waals surface area contributed by atoms with E-state index in [9.17, 15) is 4.79 Å². The van der Waals surface area contributed by atoms with Gasteiger partial charge in [-0.15, -0.1) is 0 Å². The summed E-state index contributed by atoms with van der Waals surface area (Å²) in [6.07, 6.45) is -0.803. The van der Waals surface area contributed by atoms with E-state index in [0.717, 1.165) is 0 Å². The van der Waals surface area contributed by atoms with Crippen molar-refractivity contribution in [3.8, 4) is 17.2 Å². The summed E-state index contributed by atoms with van der Waals surface area (Å²) in [6, 6.07) is 8.10. The molecule has 0 radical (unpaired) electrons. The molecule has 1 heterocycles. The Hall–Kier alpha value is -1.82. The predicted octanol–water partition coefficient (Wildman–Crippen LogP) is 4.82. The SMILES string of the molecule is C[C@H](Oc1cc(Cl)c(Cl)cc1Cl)C(=O)Nc1ccc2c(c1)OCCO2. The van der Waals surface area contributed by atoms with Gasteiger partial charge in [0.1, 0.15) is 19.0 Å². The van der Waals surface area contributed by atoms with Gasteiger partial charge in [-0.05, 0) is 25.1 Å². The van der Waals surface area contributed by atoms with E-state index in [1.54, 1.807) is 25.1 Å². The Bertz CT molecular complexity index is 813. The van der Waals surface area contributed by atoms with Gasteiger partial charge in [0, 0.05) is 17.8 Å². The molecule has 0 aromatic heterocycles. The minimum absolute atomic E-state index is 0.272. The highest BCUT2D eigenvalue weighted by Gasteiger charge is 2.19. The molecule has 132 valence electrons. The highest BCUT2D eigenvalue weighted by Crippen LogP contribution is 2.35. The molecular weight excluding hydrogens is 389 g/mol. The zero-order valence-corrected chi connectivity index (χ0v) is 15.4. The van der Waals surface area contributed by atoms with Crippen LogP contribution in [0.2, 0.25) is 15.1 Å². The molecule has 0 fully saturated rings. The largest absolute Gasteiger partial charge is 0.486 e. The number of amides is 1. The molecule has 1 atom stereocenters. The molecule has 2 aromatic carbocycles. The summed E-state index contributed by atoms with van der Waals surface area (Å²) in [5, 5.41) is 3.63. The molecule has 1 N–H and O–H groups in total. The summed E-state index contributed by atoms with van der Waals surface area (Å²) in [4.78, 5) is 12.3. The van der Waals surface area contributed by atoms with Gasteiger partial charge in [0.2, 0.25) is 0 Å². The zero-order chi connectivity index (χ0) is 18.0. The van der Waals surface area contributed by atoms with Crippen molar-refractivity contribution in [2.45, 2.75) is 13.0 Å². The molecule has 0 saturated carbocycles. The number of ether oxygens (including phenoxy) is 3. The maximum Gasteiger partial charge on any atom is 0.265 e. The number of benzene rings is 2. The standard InChI is InChI=1S/C17H14Cl3NO4/c1-9(25-15-8-12(19)11(18)7-13(15)20)17(22)21-10-2-3-14-16(6-10)24-5-4-23-14/h2-3,6-9H,4-5H2,1H3,(H,21,22)/t9-/m0/s1. The van der Waals surface area contributed by atoms with Crippen molar-refractivity contribution in [2.75, 3.05) is 18.5 Å². The van der Waals surface area contributed by atoms with Gasteiger partial charge in [0.05, 0.1) is 15.1 Å². The number of hydrogen-bond acceptors (Lipinski definition) is 4. The number of halogens is 3. The average Bonchev–Trinajstić information content (AvgIpc) is 2.59. The summed E-state index contributed by atoms with van der Waals surface area (Å²) < 4.78 is 16.5. The van der Waals surface area contributed by atoms with Crippen molar-refractivity contribution in [2.24, 2.45) is 0 Å². The van der Waals surface area contributed by atoms with Crippen LogP contribution in [0.3, 0.4) is 0 Å². The Morgan fingerprint density at radius 2 is 1.72 bits per heavy atom. The lowest BCUT2D eigenvalue weighted by atomic mass is 10.2. The third kappa shape index (κ3) is 4.24. The van der Waals surface area contributed by atoms with E-state index < -0.39 is 6.10 Å². The fourth-order valence-electron chi connectivity index (χ4n) is 2.20. The van der Waals surface area contributed by atoms with Crippen LogP contribution in [-0.2, 0) is 4.79 Å². The molecule has 3 rings (SSSR count). The quantitative estimate of drug-likeness (QED) is 0.745. The number of carbonyl (C=O) groups is 1. The summed E-state index contributed by atoms with van der Waals surface area (Å²) >= 11 is 17.9. The van der Waals surface area contributed by atoms with Crippen molar-refractivity contribution in [3.05, 3.63) is 45.4 Å². The second-order valence-electron chi connectivity index (χ2n) is 5.30. The lowest BCUT2D eigenvalue weighted by Gasteiger charge is -2.20. The van der Waals surface area contributed by atoms with Crippen LogP contribution in [0.25, 0.3) is 0 Å². The second kappa shape index (κ2) is 7.60. The van der Waals surface area contributed by atoms with E-state index >= 15 is 0 Å². The monoisotopic (exact) mass is 401 g/mol. The number of fused-ring (bicyclic) bond motifs is 1. The minimum atomic E-state index is -0.803. The fourth-order valence-corrected chi connectivity index (χ4v) is 2.78. The molecule has 1 aliphatic rings. The summed E-state index contributed by atoms with van der Waals surface area (Å²) in [6.45, 7) is 2.58. The Balaban J connectivity index is 1.68. The van der Waals surface area contributed by atoms with Gasteiger partial charge in [0.25, 0.3) is 5.91 Å². The van der Waals surface area contributed by atoms with E-state index in [0.29, 0.717) is 40.4 Å². The van der Waals surface area contributed by atoms with Crippen LogP contribution < -0.4 is 19.5 Å². The highest BCUT2D eigenvalue weighted by atomic mass is 35.5. The van der Waals surface area contributed by atoms with Crippen molar-refractivity contribution >= 4 is 46.4 Å². The lowest BCUT2D eigenvalue weighted by Crippen LogP contribution is -2.30. The Labute approximate surface area is 159 Å². The molecule has 1 amide bonds. The number of carbonyl (C=O) groups excluding carboxylic acids is 1. The first-order valence-corrected chi connectivity index (χ1v) is 8.59. The van der Waals surface area contributed by atoms with E-state index in [2.05, 4.69) is 5.32 Å². The molecule has 8 heteroatoms. The smallest absolute Gasteiger partial charge is 0.265 e. The Morgan fingerprint density at radius 3 is 2.48 bits per heavy atom. The lowest BCUT2D eigenvalue weighted by molar-refractivity contribution is -0.122. The first kappa shape index (κ1) is 18.0. The summed E-state index contributed by atoms with van der Waals surface area (Å²) in [7, 11) is 0. The summed E-state index contributed by atoms with van der Waals surface area (Å²) in [5.74, 6) is 1.17. The topological polar surface area (TPSA) is 56.8 Å². The average molecular weight is 403 g/mol. The van der Waals surface area contributed by atoms with Crippen LogP contribution in [0.5, 0.6) is 17.2 Å². The molecular formula is C17H14Cl3NO4. The second-order valence-corrected chi connectivity index (χ2v) is 6.53. The highest BCUT2D eigenvalue weighted by molar-refractivity contribution is 6.43. The van der Waals surface area contributed by atoms with Crippen molar-refractivity contribution in [1.29, 1.82) is 0 Å². The number of anilines is 1. The van der Waals surface area contributed by atoms with Crippen LogP contribution in [0, 0.1) is 0 Å². The molecule has 2 aromatic rings. The molecule has 5 nitrogen and oxygen atoms in total. The maximum absolute atomic E-state index is 12.3. The van der Waals surface area contributed by atoms with Gasteiger partial charge in [-0.3, -0.25) is 4.79 Å². The van der Waals surface area contributed by atoms with Gasteiger partial charge in [-0.25, -0.2) is 0 Å². The minimum Gasteiger partial charge on any atom is -0.486 e. The zero-order valence-electron chi connectivity index (χ0n) is 13.1. The first-order chi connectivity index (χ1) is 11.9. The van der Waals surface area contributed by atoms with E-state index in [4.69, 9.17) is 49.0 Å². The van der Waals surface area contributed by atoms with Gasteiger partial charge in [0.15, 0.2) is 17.6 Å². The van der Waals surface area contributed by atoms with Crippen LogP contribution in [-0.4, -0.2) is 25.2 Å². The predicted molar refractivity (Wildman–Crippen MR) is 97.6 cm³/mol. The van der Waals surface area contributed by atoms with Crippen LogP contribution in [0.4, 0.5) is 5.69 Å². The first-order valence-electron chi connectivity index (χ1n) is 7.46. The fraction of sp³-hybridized carbons (Fsp3) is 0.235. The van der Waals surface area contributed by atoms with E-state index in [-0.39, 0.29) is 16.7 Å². The number of rotatable bonds is 4. The van der Waals surface area contributed by atoms with Gasteiger partial charge in [-0.1, -0.05) is 34.8 Å².